The third-order valence-electron chi connectivity index (χ3n) is 5.05. The molecule has 3 atom stereocenters. The van der Waals surface area contributed by atoms with Crippen LogP contribution in [0.5, 0.6) is 0 Å². The molecule has 3 N–H and O–H groups in total. The van der Waals surface area contributed by atoms with Crippen LogP contribution < -0.4 is 16.0 Å². The van der Waals surface area contributed by atoms with Crippen molar-refractivity contribution in [3.05, 3.63) is 35.9 Å². The number of carbonyl (C=O) groups excluding carboxylic acids is 5. The summed E-state index contributed by atoms with van der Waals surface area (Å²) in [7, 11) is 0. The number of imide groups is 1. The lowest BCUT2D eigenvalue weighted by Crippen LogP contribution is -2.68. The number of benzene rings is 1. The van der Waals surface area contributed by atoms with E-state index in [9.17, 15) is 24.0 Å². The molecule has 1 aromatic carbocycles. The number of nitrogens with zero attached hydrogens (tertiary/aromatic N) is 2. The lowest BCUT2D eigenvalue weighted by atomic mass is 9.99. The van der Waals surface area contributed by atoms with Crippen molar-refractivity contribution >= 4 is 29.7 Å². The van der Waals surface area contributed by atoms with Gasteiger partial charge in [0, 0.05) is 19.6 Å². The maximum Gasteiger partial charge on any atom is 0.325 e. The van der Waals surface area contributed by atoms with Crippen LogP contribution in [-0.4, -0.2) is 71.2 Å². The van der Waals surface area contributed by atoms with Crippen LogP contribution in [0.4, 0.5) is 4.79 Å². The highest BCUT2D eigenvalue weighted by molar-refractivity contribution is 6.38. The molecule has 1 aromatic rings. The van der Waals surface area contributed by atoms with E-state index < -0.39 is 35.8 Å². The second-order valence-electron chi connectivity index (χ2n) is 6.92. The lowest BCUT2D eigenvalue weighted by molar-refractivity contribution is -0.153. The Kier molecular flexibility index (Phi) is 5.81. The summed E-state index contributed by atoms with van der Waals surface area (Å²) in [6.45, 7) is 4.14. The number of hydrogen-bond donors (Lipinski definition) is 3. The molecule has 1 unspecified atom stereocenters. The molecule has 10 nitrogen and oxygen atoms in total. The topological polar surface area (TPSA) is 128 Å². The Bertz CT molecular complexity index is 843. The van der Waals surface area contributed by atoms with Gasteiger partial charge in [-0.05, 0) is 19.4 Å². The Morgan fingerprint density at radius 2 is 1.83 bits per heavy atom. The SMILES string of the molecule is CCN1CCN(C(=O)NC(C(=O)N[C@H]2C(=O)N[C@H]2C)c2ccccc2)C(=O)C1=O. The molecule has 0 aliphatic carbocycles. The molecule has 10 heteroatoms. The summed E-state index contributed by atoms with van der Waals surface area (Å²) >= 11 is 0. The molecule has 29 heavy (non-hydrogen) atoms. The summed E-state index contributed by atoms with van der Waals surface area (Å²) < 4.78 is 0. The van der Waals surface area contributed by atoms with Crippen molar-refractivity contribution in [2.45, 2.75) is 32.0 Å². The summed E-state index contributed by atoms with van der Waals surface area (Å²) in [6.07, 6.45) is 0. The van der Waals surface area contributed by atoms with E-state index in [1.807, 2.05) is 0 Å². The Morgan fingerprint density at radius 3 is 2.41 bits per heavy atom. The molecule has 2 fully saturated rings. The van der Waals surface area contributed by atoms with Crippen LogP contribution in [-0.2, 0) is 19.2 Å². The molecule has 0 aromatic heterocycles. The molecule has 0 spiro atoms. The standard InChI is InChI=1S/C19H23N5O5/c1-3-23-9-10-24(18(28)17(23)27)19(29)22-14(12-7-5-4-6-8-12)16(26)21-13-11(2)20-15(13)25/h4-8,11,13-14H,3,9-10H2,1-2H3,(H,20,25)(H,21,26)(H,22,29)/t11-,13+,14?/m0/s1. The Labute approximate surface area is 167 Å². The summed E-state index contributed by atoms with van der Waals surface area (Å²) in [6, 6.07) is 5.58. The van der Waals surface area contributed by atoms with E-state index in [0.29, 0.717) is 12.1 Å². The van der Waals surface area contributed by atoms with E-state index in [1.54, 1.807) is 44.2 Å². The molecule has 0 bridgehead atoms. The van der Waals surface area contributed by atoms with E-state index in [-0.39, 0.29) is 25.0 Å². The number of rotatable bonds is 5. The Hall–Kier alpha value is -3.43. The van der Waals surface area contributed by atoms with Crippen LogP contribution in [0.25, 0.3) is 0 Å². The highest BCUT2D eigenvalue weighted by Gasteiger charge is 2.40. The average molecular weight is 401 g/mol. The minimum absolute atomic E-state index is 0.0371. The smallest absolute Gasteiger partial charge is 0.325 e. The van der Waals surface area contributed by atoms with Gasteiger partial charge in [-0.15, -0.1) is 0 Å². The van der Waals surface area contributed by atoms with Gasteiger partial charge in [0.2, 0.25) is 11.8 Å². The number of likely N-dealkylation sites (N-methyl/N-ethyl adjacent to an activating group) is 1. The van der Waals surface area contributed by atoms with Gasteiger partial charge in [-0.2, -0.15) is 0 Å². The molecule has 2 saturated heterocycles. The van der Waals surface area contributed by atoms with E-state index >= 15 is 0 Å². The largest absolute Gasteiger partial charge is 0.349 e. The van der Waals surface area contributed by atoms with Crippen molar-refractivity contribution in [2.24, 2.45) is 0 Å². The number of urea groups is 1. The van der Waals surface area contributed by atoms with Gasteiger partial charge in [-0.25, -0.2) is 4.79 Å². The van der Waals surface area contributed by atoms with E-state index in [2.05, 4.69) is 16.0 Å². The Morgan fingerprint density at radius 1 is 1.14 bits per heavy atom. The fourth-order valence-electron chi connectivity index (χ4n) is 3.27. The zero-order valence-electron chi connectivity index (χ0n) is 16.2. The van der Waals surface area contributed by atoms with Gasteiger partial charge >= 0.3 is 17.8 Å². The van der Waals surface area contributed by atoms with Crippen molar-refractivity contribution in [3.8, 4) is 0 Å². The Balaban J connectivity index is 1.76. The van der Waals surface area contributed by atoms with E-state index in [0.717, 1.165) is 4.90 Å². The monoisotopic (exact) mass is 401 g/mol. The van der Waals surface area contributed by atoms with Gasteiger partial charge in [0.1, 0.15) is 12.1 Å². The first-order valence-electron chi connectivity index (χ1n) is 9.40. The number of carbonyl (C=O) groups is 5. The fraction of sp³-hybridized carbons (Fsp3) is 0.421. The van der Waals surface area contributed by atoms with Crippen LogP contribution in [0.15, 0.2) is 30.3 Å². The molecule has 2 aliphatic heterocycles. The second kappa shape index (κ2) is 8.29. The van der Waals surface area contributed by atoms with Crippen LogP contribution in [0.3, 0.4) is 0 Å². The first kappa shape index (κ1) is 20.3. The fourth-order valence-corrected chi connectivity index (χ4v) is 3.27. The highest BCUT2D eigenvalue weighted by Crippen LogP contribution is 2.16. The number of hydrogen-bond acceptors (Lipinski definition) is 5. The minimum Gasteiger partial charge on any atom is -0.349 e. The first-order valence-corrected chi connectivity index (χ1v) is 9.40. The number of nitrogens with one attached hydrogen (secondary N) is 3. The molecular weight excluding hydrogens is 378 g/mol. The summed E-state index contributed by atoms with van der Waals surface area (Å²) in [5.41, 5.74) is 0.483. The lowest BCUT2D eigenvalue weighted by Gasteiger charge is -2.36. The van der Waals surface area contributed by atoms with Crippen molar-refractivity contribution < 1.29 is 24.0 Å². The first-order chi connectivity index (χ1) is 13.8. The van der Waals surface area contributed by atoms with Crippen LogP contribution in [0.1, 0.15) is 25.5 Å². The summed E-state index contributed by atoms with van der Waals surface area (Å²) in [4.78, 5) is 63.6. The van der Waals surface area contributed by atoms with Crippen LogP contribution in [0.2, 0.25) is 0 Å². The third kappa shape index (κ3) is 4.05. The van der Waals surface area contributed by atoms with Gasteiger partial charge < -0.3 is 20.9 Å². The van der Waals surface area contributed by atoms with Crippen LogP contribution in [0, 0.1) is 0 Å². The predicted molar refractivity (Wildman–Crippen MR) is 101 cm³/mol. The molecule has 0 saturated carbocycles. The zero-order valence-corrected chi connectivity index (χ0v) is 16.2. The van der Waals surface area contributed by atoms with Crippen molar-refractivity contribution in [1.82, 2.24) is 25.8 Å². The average Bonchev–Trinajstić information content (AvgIpc) is 2.72. The van der Waals surface area contributed by atoms with E-state index in [4.69, 9.17) is 0 Å². The van der Waals surface area contributed by atoms with Crippen molar-refractivity contribution in [3.63, 3.8) is 0 Å². The number of amides is 6. The van der Waals surface area contributed by atoms with Crippen molar-refractivity contribution in [1.29, 1.82) is 0 Å². The molecule has 6 amide bonds. The summed E-state index contributed by atoms with van der Waals surface area (Å²) in [5.74, 6) is -2.58. The van der Waals surface area contributed by atoms with Crippen molar-refractivity contribution in [2.75, 3.05) is 19.6 Å². The highest BCUT2D eigenvalue weighted by atomic mass is 16.2. The molecule has 154 valence electrons. The van der Waals surface area contributed by atoms with Gasteiger partial charge in [0.15, 0.2) is 0 Å². The molecule has 2 heterocycles. The quantitative estimate of drug-likeness (QED) is 0.437. The summed E-state index contributed by atoms with van der Waals surface area (Å²) in [5, 5.41) is 7.75. The molecular formula is C19H23N5O5. The maximum absolute atomic E-state index is 12.8. The van der Waals surface area contributed by atoms with Gasteiger partial charge in [-0.3, -0.25) is 24.1 Å². The normalized spacial score (nSPS) is 22.5. The number of β-lactam (4-membered cyclic amide) rings is 1. The van der Waals surface area contributed by atoms with Crippen LogP contribution >= 0.6 is 0 Å². The van der Waals surface area contributed by atoms with Gasteiger partial charge in [0.25, 0.3) is 0 Å². The van der Waals surface area contributed by atoms with Gasteiger partial charge in [-0.1, -0.05) is 30.3 Å². The number of piperazine rings is 1. The maximum atomic E-state index is 12.8. The molecule has 3 rings (SSSR count). The zero-order chi connectivity index (χ0) is 21.1. The third-order valence-corrected chi connectivity index (χ3v) is 5.05. The molecule has 2 aliphatic rings. The second-order valence-corrected chi connectivity index (χ2v) is 6.92. The predicted octanol–water partition coefficient (Wildman–Crippen LogP) is -0.869. The minimum atomic E-state index is -1.13. The van der Waals surface area contributed by atoms with Gasteiger partial charge in [0.05, 0.1) is 6.04 Å². The molecule has 0 radical (unpaired) electrons. The van der Waals surface area contributed by atoms with E-state index in [1.165, 1.54) is 4.90 Å².